The van der Waals surface area contributed by atoms with Crippen LogP contribution in [0.4, 0.5) is 0 Å². The topological polar surface area (TPSA) is 30.0 Å². The normalized spacial score (nSPS) is 10.6. The molecule has 2 heteroatoms. The average Bonchev–Trinajstić information content (AvgIpc) is 2.62. The molecular weight excluding hydrogens is 324 g/mol. The Hall–Kier alpha value is -0.470. The van der Waals surface area contributed by atoms with Gasteiger partial charge >= 0.3 is 0 Å². The first kappa shape index (κ1) is 24.5. The maximum absolute atomic E-state index is 2.30. The van der Waals surface area contributed by atoms with E-state index in [2.05, 4.69) is 37.3 Å². The zero-order valence-electron chi connectivity index (χ0n) is 16.6. The third kappa shape index (κ3) is 16.7. The van der Waals surface area contributed by atoms with Crippen molar-refractivity contribution in [1.82, 2.24) is 0 Å². The minimum Gasteiger partial charge on any atom is -0.870 e. The van der Waals surface area contributed by atoms with Crippen LogP contribution >= 0.6 is 0 Å². The molecule has 0 unspecified atom stereocenters. The number of hydrogen-bond donors (Lipinski definition) is 0. The number of rotatable bonds is 17. The molecule has 1 aromatic carbocycles. The average molecular weight is 367 g/mol. The van der Waals surface area contributed by atoms with Crippen molar-refractivity contribution in [3.05, 3.63) is 35.9 Å². The molecule has 0 aliphatic carbocycles. The van der Waals surface area contributed by atoms with E-state index in [1.54, 1.807) is 11.8 Å². The van der Waals surface area contributed by atoms with Crippen molar-refractivity contribution in [2.45, 2.75) is 103 Å². The smallest absolute Gasteiger partial charge is 0.130 e. The Morgan fingerprint density at radius 1 is 0.600 bits per heavy atom. The van der Waals surface area contributed by atoms with Crippen molar-refractivity contribution in [2.24, 2.45) is 0 Å². The molecule has 0 aliphatic rings. The lowest BCUT2D eigenvalue weighted by molar-refractivity contribution is 0.538. The SMILES string of the molecule is CCCCCCCCCCCCCCCC[SH+]Cc1ccccc1.[OH-]. The molecule has 0 amide bonds. The Balaban J connectivity index is 0.00000576. The Bertz CT molecular complexity index is 352. The van der Waals surface area contributed by atoms with Crippen molar-refractivity contribution in [2.75, 3.05) is 5.75 Å². The molecule has 0 atom stereocenters. The van der Waals surface area contributed by atoms with Crippen LogP contribution in [0.3, 0.4) is 0 Å². The molecule has 0 heterocycles. The molecule has 0 fully saturated rings. The lowest BCUT2D eigenvalue weighted by atomic mass is 10.0. The Morgan fingerprint density at radius 3 is 1.52 bits per heavy atom. The summed E-state index contributed by atoms with van der Waals surface area (Å²) in [7, 11) is 0. The molecular formula is C23H42OS. The number of unbranched alkanes of at least 4 members (excludes halogenated alkanes) is 13. The fourth-order valence-electron chi connectivity index (χ4n) is 3.21. The summed E-state index contributed by atoms with van der Waals surface area (Å²) in [6.45, 7) is 2.30. The molecule has 1 N–H and O–H groups in total. The summed E-state index contributed by atoms with van der Waals surface area (Å²) in [4.78, 5) is 0. The summed E-state index contributed by atoms with van der Waals surface area (Å²) in [5.41, 5.74) is 1.49. The molecule has 1 nitrogen and oxygen atoms in total. The maximum Gasteiger partial charge on any atom is 0.130 e. The fourth-order valence-corrected chi connectivity index (χ4v) is 4.28. The third-order valence-corrected chi connectivity index (χ3v) is 6.03. The second-order valence-corrected chi connectivity index (χ2v) is 8.40. The summed E-state index contributed by atoms with van der Waals surface area (Å²) in [5, 5.41) is 0. The monoisotopic (exact) mass is 366 g/mol. The summed E-state index contributed by atoms with van der Waals surface area (Å²) in [6, 6.07) is 10.9. The van der Waals surface area contributed by atoms with Crippen molar-refractivity contribution < 1.29 is 5.48 Å². The van der Waals surface area contributed by atoms with Gasteiger partial charge in [0.2, 0.25) is 0 Å². The first-order valence-corrected chi connectivity index (χ1v) is 11.9. The lowest BCUT2D eigenvalue weighted by Gasteiger charge is -2.02. The van der Waals surface area contributed by atoms with Crippen LogP contribution in [0.5, 0.6) is 0 Å². The van der Waals surface area contributed by atoms with E-state index in [1.165, 1.54) is 107 Å². The van der Waals surface area contributed by atoms with Gasteiger partial charge in [-0.3, -0.25) is 0 Å². The second-order valence-electron chi connectivity index (χ2n) is 7.19. The van der Waals surface area contributed by atoms with Gasteiger partial charge in [0.25, 0.3) is 0 Å². The van der Waals surface area contributed by atoms with Gasteiger partial charge in [-0.05, 0) is 24.6 Å². The van der Waals surface area contributed by atoms with Crippen molar-refractivity contribution in [3.63, 3.8) is 0 Å². The van der Waals surface area contributed by atoms with E-state index in [0.29, 0.717) is 0 Å². The molecule has 146 valence electrons. The van der Waals surface area contributed by atoms with E-state index in [9.17, 15) is 0 Å². The zero-order chi connectivity index (χ0) is 17.1. The van der Waals surface area contributed by atoms with Crippen LogP contribution in [0.25, 0.3) is 0 Å². The quantitative estimate of drug-likeness (QED) is 0.161. The van der Waals surface area contributed by atoms with Crippen LogP contribution in [0.1, 0.15) is 102 Å². The van der Waals surface area contributed by atoms with Gasteiger partial charge in [-0.25, -0.2) is 0 Å². The third-order valence-electron chi connectivity index (χ3n) is 4.81. The minimum absolute atomic E-state index is 0. The van der Waals surface area contributed by atoms with Crippen LogP contribution in [0.15, 0.2) is 30.3 Å². The first-order valence-electron chi connectivity index (χ1n) is 10.6. The van der Waals surface area contributed by atoms with E-state index >= 15 is 0 Å². The number of thiol groups is 1. The highest BCUT2D eigenvalue weighted by Gasteiger charge is 2.00. The van der Waals surface area contributed by atoms with Gasteiger partial charge in [0.1, 0.15) is 11.5 Å². The van der Waals surface area contributed by atoms with Gasteiger partial charge in [0.05, 0.1) is 0 Å². The number of hydrogen-bond acceptors (Lipinski definition) is 1. The Morgan fingerprint density at radius 2 is 1.04 bits per heavy atom. The highest BCUT2D eigenvalue weighted by molar-refractivity contribution is 7.77. The van der Waals surface area contributed by atoms with Crippen LogP contribution in [0.2, 0.25) is 0 Å². The highest BCUT2D eigenvalue weighted by Crippen LogP contribution is 2.13. The summed E-state index contributed by atoms with van der Waals surface area (Å²) in [5.74, 6) is 2.62. The Kier molecular flexibility index (Phi) is 19.5. The molecule has 1 aromatic rings. The Labute approximate surface area is 161 Å². The van der Waals surface area contributed by atoms with Crippen molar-refractivity contribution in [3.8, 4) is 0 Å². The first-order chi connectivity index (χ1) is 11.9. The van der Waals surface area contributed by atoms with Crippen LogP contribution < -0.4 is 0 Å². The summed E-state index contributed by atoms with van der Waals surface area (Å²) >= 11 is 1.61. The van der Waals surface area contributed by atoms with Gasteiger partial charge < -0.3 is 5.48 Å². The summed E-state index contributed by atoms with van der Waals surface area (Å²) in [6.07, 6.45) is 20.4. The van der Waals surface area contributed by atoms with E-state index in [0.717, 1.165) is 0 Å². The van der Waals surface area contributed by atoms with Gasteiger partial charge in [-0.15, -0.1) is 0 Å². The van der Waals surface area contributed by atoms with Crippen LogP contribution in [0, 0.1) is 0 Å². The highest BCUT2D eigenvalue weighted by atomic mass is 32.2. The van der Waals surface area contributed by atoms with Gasteiger partial charge in [0, 0.05) is 5.56 Å². The number of benzene rings is 1. The fraction of sp³-hybridized carbons (Fsp3) is 0.739. The van der Waals surface area contributed by atoms with E-state index in [-0.39, 0.29) is 5.48 Å². The molecule has 0 saturated heterocycles. The predicted octanol–water partition coefficient (Wildman–Crippen LogP) is 7.31. The molecule has 25 heavy (non-hydrogen) atoms. The molecule has 0 aliphatic heterocycles. The second kappa shape index (κ2) is 19.8. The predicted molar refractivity (Wildman–Crippen MR) is 116 cm³/mol. The van der Waals surface area contributed by atoms with Gasteiger partial charge in [-0.2, -0.15) is 0 Å². The minimum atomic E-state index is 0. The molecule has 0 radical (unpaired) electrons. The molecule has 0 saturated carbocycles. The molecule has 0 spiro atoms. The van der Waals surface area contributed by atoms with E-state index < -0.39 is 0 Å². The lowest BCUT2D eigenvalue weighted by Crippen LogP contribution is -1.94. The van der Waals surface area contributed by atoms with Crippen molar-refractivity contribution in [1.29, 1.82) is 0 Å². The zero-order valence-corrected chi connectivity index (χ0v) is 17.5. The van der Waals surface area contributed by atoms with Gasteiger partial charge in [0.15, 0.2) is 0 Å². The summed E-state index contributed by atoms with van der Waals surface area (Å²) < 4.78 is 0. The molecule has 0 bridgehead atoms. The largest absolute Gasteiger partial charge is 0.870 e. The maximum atomic E-state index is 2.30. The molecule has 0 aromatic heterocycles. The standard InChI is InChI=1S/C23H40S.H2O/c1-2-3-4-5-6-7-8-9-10-11-12-13-14-18-21-24-22-23-19-16-15-17-20-23;/h15-17,19-20H,2-14,18,21-22H2,1H3;1H2. The molecule has 1 rings (SSSR count). The van der Waals surface area contributed by atoms with Crippen LogP contribution in [-0.2, 0) is 17.5 Å². The van der Waals surface area contributed by atoms with Crippen molar-refractivity contribution >= 4 is 11.8 Å². The van der Waals surface area contributed by atoms with Gasteiger partial charge in [-0.1, -0.05) is 114 Å². The van der Waals surface area contributed by atoms with E-state index in [4.69, 9.17) is 0 Å². The van der Waals surface area contributed by atoms with Crippen LogP contribution in [-0.4, -0.2) is 11.2 Å². The van der Waals surface area contributed by atoms with E-state index in [1.807, 2.05) is 0 Å².